The van der Waals surface area contributed by atoms with E-state index in [2.05, 4.69) is 6.58 Å². The minimum atomic E-state index is -0.726. The average Bonchev–Trinajstić information content (AvgIpc) is 2.17. The maximum Gasteiger partial charge on any atom is 0.260 e. The molecule has 0 aliphatic carbocycles. The van der Waals surface area contributed by atoms with Gasteiger partial charge in [0.2, 0.25) is 0 Å². The second-order valence-corrected chi connectivity index (χ2v) is 3.11. The summed E-state index contributed by atoms with van der Waals surface area (Å²) in [5.41, 5.74) is -0.304. The number of phenols is 1. The zero-order valence-electron chi connectivity index (χ0n) is 8.40. The Bertz CT molecular complexity index is 370. The Balaban J connectivity index is 3.05. The van der Waals surface area contributed by atoms with E-state index in [1.54, 1.807) is 0 Å². The van der Waals surface area contributed by atoms with Gasteiger partial charge in [-0.3, -0.25) is 4.79 Å². The van der Waals surface area contributed by atoms with Crippen molar-refractivity contribution in [1.29, 1.82) is 0 Å². The molecule has 0 saturated heterocycles. The maximum atomic E-state index is 13.3. The third-order valence-corrected chi connectivity index (χ3v) is 1.96. The Morgan fingerprint density at radius 2 is 2.33 bits per heavy atom. The van der Waals surface area contributed by atoms with Crippen LogP contribution in [-0.4, -0.2) is 29.5 Å². The van der Waals surface area contributed by atoms with Crippen LogP contribution in [0.3, 0.4) is 0 Å². The predicted molar refractivity (Wildman–Crippen MR) is 55.2 cm³/mol. The summed E-state index contributed by atoms with van der Waals surface area (Å²) in [6.07, 6.45) is 1.52. The summed E-state index contributed by atoms with van der Waals surface area (Å²) < 4.78 is 13.3. The fraction of sp³-hybridized carbons (Fsp3) is 0.182. The van der Waals surface area contributed by atoms with Gasteiger partial charge in [-0.15, -0.1) is 6.58 Å². The number of phenolic OH excluding ortho intramolecular Hbond substituents is 1. The van der Waals surface area contributed by atoms with Gasteiger partial charge in [-0.05, 0) is 12.1 Å². The molecule has 15 heavy (non-hydrogen) atoms. The van der Waals surface area contributed by atoms with Crippen LogP contribution in [0.25, 0.3) is 0 Å². The number of nitrogens with zero attached hydrogens (tertiary/aromatic N) is 1. The van der Waals surface area contributed by atoms with E-state index in [1.807, 2.05) is 0 Å². The number of amides is 1. The number of hydrogen-bond donors (Lipinski definition) is 1. The van der Waals surface area contributed by atoms with Crippen molar-refractivity contribution in [2.45, 2.75) is 0 Å². The lowest BCUT2D eigenvalue weighted by molar-refractivity contribution is 0.0802. The molecule has 3 nitrogen and oxygen atoms in total. The van der Waals surface area contributed by atoms with Crippen LogP contribution >= 0.6 is 0 Å². The molecule has 0 aliphatic rings. The minimum Gasteiger partial charge on any atom is -0.507 e. The minimum absolute atomic E-state index is 0.298. The van der Waals surface area contributed by atoms with Gasteiger partial charge in [0.1, 0.15) is 17.1 Å². The van der Waals surface area contributed by atoms with Crippen molar-refractivity contribution < 1.29 is 14.3 Å². The van der Waals surface area contributed by atoms with E-state index < -0.39 is 11.7 Å². The van der Waals surface area contributed by atoms with Gasteiger partial charge in [0, 0.05) is 13.6 Å². The third kappa shape index (κ3) is 2.34. The van der Waals surface area contributed by atoms with E-state index in [-0.39, 0.29) is 11.3 Å². The molecule has 1 aromatic rings. The van der Waals surface area contributed by atoms with Gasteiger partial charge < -0.3 is 10.0 Å². The van der Waals surface area contributed by atoms with Crippen molar-refractivity contribution in [3.63, 3.8) is 0 Å². The first kappa shape index (κ1) is 11.2. The smallest absolute Gasteiger partial charge is 0.260 e. The first-order valence-corrected chi connectivity index (χ1v) is 4.41. The van der Waals surface area contributed by atoms with Gasteiger partial charge in [-0.2, -0.15) is 0 Å². The van der Waals surface area contributed by atoms with E-state index in [0.717, 1.165) is 6.07 Å². The Labute approximate surface area is 87.4 Å². The van der Waals surface area contributed by atoms with Crippen LogP contribution in [0.15, 0.2) is 30.9 Å². The number of aromatic hydroxyl groups is 1. The molecule has 0 bridgehead atoms. The number of likely N-dealkylation sites (N-methyl/N-ethyl adjacent to an activating group) is 1. The average molecular weight is 209 g/mol. The molecule has 0 unspecified atom stereocenters. The van der Waals surface area contributed by atoms with Crippen molar-refractivity contribution in [2.24, 2.45) is 0 Å². The summed E-state index contributed by atoms with van der Waals surface area (Å²) in [7, 11) is 1.51. The molecule has 0 aromatic heterocycles. The van der Waals surface area contributed by atoms with E-state index in [0.29, 0.717) is 6.54 Å². The van der Waals surface area contributed by atoms with Crippen LogP contribution in [0.1, 0.15) is 10.4 Å². The van der Waals surface area contributed by atoms with Gasteiger partial charge in [-0.25, -0.2) is 4.39 Å². The van der Waals surface area contributed by atoms with Crippen LogP contribution < -0.4 is 0 Å². The summed E-state index contributed by atoms with van der Waals surface area (Å²) in [4.78, 5) is 12.9. The Hall–Kier alpha value is -1.84. The standard InChI is InChI=1S/C11H12FNO2/c1-3-7-13(2)11(15)10-8(12)5-4-6-9(10)14/h3-6,14H,1,7H2,2H3. The second kappa shape index (κ2) is 4.59. The van der Waals surface area contributed by atoms with Crippen LogP contribution in [0.4, 0.5) is 4.39 Å². The molecule has 1 N–H and O–H groups in total. The van der Waals surface area contributed by atoms with Gasteiger partial charge in [0.15, 0.2) is 0 Å². The molecule has 80 valence electrons. The lowest BCUT2D eigenvalue weighted by Gasteiger charge is -2.15. The molecule has 0 saturated carbocycles. The molecule has 1 rings (SSSR count). The predicted octanol–water partition coefficient (Wildman–Crippen LogP) is 1.79. The van der Waals surface area contributed by atoms with Crippen molar-refractivity contribution >= 4 is 5.91 Å². The number of rotatable bonds is 3. The van der Waals surface area contributed by atoms with E-state index in [4.69, 9.17) is 0 Å². The normalized spacial score (nSPS) is 9.73. The highest BCUT2D eigenvalue weighted by Crippen LogP contribution is 2.21. The highest BCUT2D eigenvalue weighted by Gasteiger charge is 2.19. The number of halogens is 1. The van der Waals surface area contributed by atoms with E-state index in [1.165, 1.54) is 30.2 Å². The summed E-state index contributed by atoms with van der Waals surface area (Å²) in [5.74, 6) is -1.64. The van der Waals surface area contributed by atoms with Crippen LogP contribution in [0.2, 0.25) is 0 Å². The summed E-state index contributed by atoms with van der Waals surface area (Å²) >= 11 is 0. The highest BCUT2D eigenvalue weighted by molar-refractivity contribution is 5.97. The topological polar surface area (TPSA) is 40.5 Å². The molecule has 4 heteroatoms. The van der Waals surface area contributed by atoms with Gasteiger partial charge in [-0.1, -0.05) is 12.1 Å². The fourth-order valence-electron chi connectivity index (χ4n) is 1.19. The van der Waals surface area contributed by atoms with E-state index in [9.17, 15) is 14.3 Å². The monoisotopic (exact) mass is 209 g/mol. The fourth-order valence-corrected chi connectivity index (χ4v) is 1.19. The lowest BCUT2D eigenvalue weighted by atomic mass is 10.1. The van der Waals surface area contributed by atoms with Crippen LogP contribution in [0, 0.1) is 5.82 Å². The first-order valence-electron chi connectivity index (χ1n) is 4.41. The van der Waals surface area contributed by atoms with Crippen molar-refractivity contribution in [1.82, 2.24) is 4.90 Å². The Morgan fingerprint density at radius 3 is 2.87 bits per heavy atom. The zero-order valence-corrected chi connectivity index (χ0v) is 8.40. The van der Waals surface area contributed by atoms with Crippen LogP contribution in [-0.2, 0) is 0 Å². The van der Waals surface area contributed by atoms with E-state index >= 15 is 0 Å². The molecule has 0 atom stereocenters. The molecule has 0 aliphatic heterocycles. The molecule has 1 amide bonds. The highest BCUT2D eigenvalue weighted by atomic mass is 19.1. The number of hydrogen-bond acceptors (Lipinski definition) is 2. The number of carbonyl (C=O) groups is 1. The van der Waals surface area contributed by atoms with Crippen LogP contribution in [0.5, 0.6) is 5.75 Å². The van der Waals surface area contributed by atoms with Crippen molar-refractivity contribution in [2.75, 3.05) is 13.6 Å². The van der Waals surface area contributed by atoms with Crippen molar-refractivity contribution in [3.05, 3.63) is 42.2 Å². The van der Waals surface area contributed by atoms with Gasteiger partial charge in [0.25, 0.3) is 5.91 Å². The number of benzene rings is 1. The quantitative estimate of drug-likeness (QED) is 0.771. The zero-order chi connectivity index (χ0) is 11.4. The molecule has 0 radical (unpaired) electrons. The summed E-state index contributed by atoms with van der Waals surface area (Å²) in [5, 5.41) is 9.37. The maximum absolute atomic E-state index is 13.3. The number of carbonyl (C=O) groups excluding carboxylic acids is 1. The first-order chi connectivity index (χ1) is 7.07. The Morgan fingerprint density at radius 1 is 1.67 bits per heavy atom. The molecular formula is C11H12FNO2. The van der Waals surface area contributed by atoms with Gasteiger partial charge in [0.05, 0.1) is 0 Å². The third-order valence-electron chi connectivity index (χ3n) is 1.96. The molecule has 0 heterocycles. The summed E-state index contributed by atoms with van der Waals surface area (Å²) in [6.45, 7) is 3.77. The van der Waals surface area contributed by atoms with Crippen molar-refractivity contribution in [3.8, 4) is 5.75 Å². The molecule has 0 spiro atoms. The molecule has 0 fully saturated rings. The second-order valence-electron chi connectivity index (χ2n) is 3.11. The lowest BCUT2D eigenvalue weighted by Crippen LogP contribution is -2.27. The van der Waals surface area contributed by atoms with Gasteiger partial charge >= 0.3 is 0 Å². The largest absolute Gasteiger partial charge is 0.507 e. The SMILES string of the molecule is C=CCN(C)C(=O)c1c(O)cccc1F. The molecular weight excluding hydrogens is 197 g/mol. The molecule has 1 aromatic carbocycles. The Kier molecular flexibility index (Phi) is 3.44. The summed E-state index contributed by atoms with van der Waals surface area (Å²) in [6, 6.07) is 3.75.